The van der Waals surface area contributed by atoms with Crippen molar-refractivity contribution < 1.29 is 23.4 Å². The van der Waals surface area contributed by atoms with Crippen LogP contribution in [-0.2, 0) is 4.74 Å². The normalized spacial score (nSPS) is 21.0. The lowest BCUT2D eigenvalue weighted by Gasteiger charge is -2.19. The Morgan fingerprint density at radius 1 is 1.38 bits per heavy atom. The second-order valence-electron chi connectivity index (χ2n) is 6.31. The second-order valence-corrected chi connectivity index (χ2v) is 6.31. The summed E-state index contributed by atoms with van der Waals surface area (Å²) in [6.45, 7) is 5.68. The Hall–Kier alpha value is -1.85. The number of ether oxygens (including phenoxy) is 1. The van der Waals surface area contributed by atoms with E-state index < -0.39 is 23.3 Å². The topological polar surface area (TPSA) is 58.6 Å². The summed E-state index contributed by atoms with van der Waals surface area (Å²) in [5.41, 5.74) is -0.185. The summed E-state index contributed by atoms with van der Waals surface area (Å²) in [6.07, 6.45) is 0.191. The summed E-state index contributed by atoms with van der Waals surface area (Å²) < 4.78 is 31.2. The van der Waals surface area contributed by atoms with Crippen LogP contribution in [0.25, 0.3) is 0 Å². The molecule has 116 valence electrons. The van der Waals surface area contributed by atoms with Gasteiger partial charge in [-0.1, -0.05) is 0 Å². The van der Waals surface area contributed by atoms with Crippen molar-refractivity contribution in [1.29, 1.82) is 0 Å². The predicted octanol–water partition coefficient (Wildman–Crippen LogP) is 3.30. The van der Waals surface area contributed by atoms with E-state index in [4.69, 9.17) is 4.74 Å². The number of carbonyl (C=O) groups is 1. The molecular formula is C15H19F2NO3. The minimum Gasteiger partial charge on any atom is -0.508 e. The zero-order valence-electron chi connectivity index (χ0n) is 12.2. The van der Waals surface area contributed by atoms with E-state index in [0.29, 0.717) is 18.5 Å². The van der Waals surface area contributed by atoms with Crippen LogP contribution in [0, 0.1) is 17.6 Å². The fraction of sp³-hybridized carbons (Fsp3) is 0.533. The first-order chi connectivity index (χ1) is 9.67. The van der Waals surface area contributed by atoms with E-state index in [9.17, 15) is 18.7 Å². The van der Waals surface area contributed by atoms with Crippen LogP contribution in [0.3, 0.4) is 0 Å². The van der Waals surface area contributed by atoms with Crippen LogP contribution in [0.5, 0.6) is 5.75 Å². The molecule has 1 saturated carbocycles. The zero-order valence-corrected chi connectivity index (χ0v) is 12.2. The lowest BCUT2D eigenvalue weighted by atomic mass is 10.1. The quantitative estimate of drug-likeness (QED) is 0.900. The minimum absolute atomic E-state index is 0.0740. The van der Waals surface area contributed by atoms with E-state index in [-0.39, 0.29) is 17.6 Å². The van der Waals surface area contributed by atoms with Gasteiger partial charge in [-0.05, 0) is 45.1 Å². The summed E-state index contributed by atoms with van der Waals surface area (Å²) in [6, 6.07) is 1.80. The molecule has 1 aromatic carbocycles. The van der Waals surface area contributed by atoms with Crippen LogP contribution in [0.1, 0.15) is 38.7 Å². The molecule has 2 N–H and O–H groups in total. The van der Waals surface area contributed by atoms with Crippen LogP contribution in [0.2, 0.25) is 0 Å². The highest BCUT2D eigenvalue weighted by Gasteiger charge is 2.40. The third-order valence-corrected chi connectivity index (χ3v) is 3.30. The number of amides is 1. The molecule has 6 heteroatoms. The molecule has 1 fully saturated rings. The number of aromatic hydroxyl groups is 1. The summed E-state index contributed by atoms with van der Waals surface area (Å²) in [4.78, 5) is 11.5. The van der Waals surface area contributed by atoms with Gasteiger partial charge in [0, 0.05) is 18.2 Å². The number of nitrogens with one attached hydrogen (secondary N) is 1. The van der Waals surface area contributed by atoms with Crippen molar-refractivity contribution in [3.05, 3.63) is 29.3 Å². The van der Waals surface area contributed by atoms with Crippen LogP contribution in [-0.4, -0.2) is 23.3 Å². The van der Waals surface area contributed by atoms with E-state index in [2.05, 4.69) is 5.32 Å². The average molecular weight is 299 g/mol. The molecule has 1 aromatic rings. The van der Waals surface area contributed by atoms with Crippen molar-refractivity contribution in [2.75, 3.05) is 6.54 Å². The first-order valence-electron chi connectivity index (χ1n) is 6.82. The Balaban J connectivity index is 1.88. The standard InChI is InChI=1S/C15H19F2NO3/c1-15(2,3)21-14(20)18-7-8-4-9(8)10-5-11(16)12(17)6-13(10)19/h5-6,8-9,19H,4,7H2,1-3H3,(H,18,20). The Morgan fingerprint density at radius 3 is 2.62 bits per heavy atom. The number of rotatable bonds is 3. The van der Waals surface area contributed by atoms with Crippen molar-refractivity contribution in [2.24, 2.45) is 5.92 Å². The van der Waals surface area contributed by atoms with E-state index in [1.54, 1.807) is 20.8 Å². The molecule has 1 amide bonds. The molecule has 21 heavy (non-hydrogen) atoms. The molecule has 0 bridgehead atoms. The van der Waals surface area contributed by atoms with Gasteiger partial charge in [0.2, 0.25) is 0 Å². The van der Waals surface area contributed by atoms with Crippen molar-refractivity contribution in [2.45, 2.75) is 38.7 Å². The largest absolute Gasteiger partial charge is 0.508 e. The van der Waals surface area contributed by atoms with Crippen LogP contribution in [0.15, 0.2) is 12.1 Å². The van der Waals surface area contributed by atoms with E-state index in [1.165, 1.54) is 0 Å². The Kier molecular flexibility index (Phi) is 4.07. The average Bonchev–Trinajstić information content (AvgIpc) is 3.08. The van der Waals surface area contributed by atoms with Gasteiger partial charge in [-0.25, -0.2) is 13.6 Å². The number of hydrogen-bond donors (Lipinski definition) is 2. The Morgan fingerprint density at radius 2 is 2.00 bits per heavy atom. The number of hydrogen-bond acceptors (Lipinski definition) is 3. The molecule has 0 heterocycles. The van der Waals surface area contributed by atoms with Crippen molar-refractivity contribution >= 4 is 6.09 Å². The molecule has 0 spiro atoms. The molecule has 4 nitrogen and oxygen atoms in total. The van der Waals surface area contributed by atoms with Crippen LogP contribution in [0.4, 0.5) is 13.6 Å². The summed E-state index contributed by atoms with van der Waals surface area (Å²) >= 11 is 0. The lowest BCUT2D eigenvalue weighted by Crippen LogP contribution is -2.33. The maximum absolute atomic E-state index is 13.2. The van der Waals surface area contributed by atoms with Gasteiger partial charge < -0.3 is 15.2 Å². The minimum atomic E-state index is -1.07. The summed E-state index contributed by atoms with van der Waals surface area (Å²) in [5, 5.41) is 12.3. The number of benzene rings is 1. The highest BCUT2D eigenvalue weighted by molar-refractivity contribution is 5.67. The molecule has 1 aliphatic rings. The van der Waals surface area contributed by atoms with E-state index >= 15 is 0 Å². The highest BCUT2D eigenvalue weighted by Crippen LogP contribution is 2.50. The van der Waals surface area contributed by atoms with E-state index in [0.717, 1.165) is 12.1 Å². The number of halogens is 2. The molecule has 0 saturated heterocycles. The van der Waals surface area contributed by atoms with Crippen molar-refractivity contribution in [3.8, 4) is 5.75 Å². The maximum Gasteiger partial charge on any atom is 0.407 e. The molecule has 1 aliphatic carbocycles. The van der Waals surface area contributed by atoms with Gasteiger partial charge in [0.15, 0.2) is 11.6 Å². The van der Waals surface area contributed by atoms with Crippen LogP contribution >= 0.6 is 0 Å². The fourth-order valence-electron chi connectivity index (χ4n) is 2.23. The third kappa shape index (κ3) is 4.06. The van der Waals surface area contributed by atoms with Gasteiger partial charge in [-0.2, -0.15) is 0 Å². The lowest BCUT2D eigenvalue weighted by molar-refractivity contribution is 0.0525. The van der Waals surface area contributed by atoms with Gasteiger partial charge in [-0.15, -0.1) is 0 Å². The highest BCUT2D eigenvalue weighted by atomic mass is 19.2. The monoisotopic (exact) mass is 299 g/mol. The van der Waals surface area contributed by atoms with Crippen LogP contribution < -0.4 is 5.32 Å². The van der Waals surface area contributed by atoms with Gasteiger partial charge in [0.05, 0.1) is 0 Å². The Labute approximate surface area is 122 Å². The van der Waals surface area contributed by atoms with E-state index in [1.807, 2.05) is 0 Å². The van der Waals surface area contributed by atoms with Crippen molar-refractivity contribution in [3.63, 3.8) is 0 Å². The molecule has 0 radical (unpaired) electrons. The Bertz CT molecular complexity index is 555. The van der Waals surface area contributed by atoms with Gasteiger partial charge >= 0.3 is 6.09 Å². The first-order valence-corrected chi connectivity index (χ1v) is 6.82. The molecular weight excluding hydrogens is 280 g/mol. The number of phenolic OH excluding ortho intramolecular Hbond substituents is 1. The third-order valence-electron chi connectivity index (χ3n) is 3.30. The maximum atomic E-state index is 13.2. The number of alkyl carbamates (subject to hydrolysis) is 1. The molecule has 2 unspecified atom stereocenters. The van der Waals surface area contributed by atoms with Gasteiger partial charge in [-0.3, -0.25) is 0 Å². The molecule has 2 atom stereocenters. The fourth-order valence-corrected chi connectivity index (χ4v) is 2.23. The second kappa shape index (κ2) is 5.50. The van der Waals surface area contributed by atoms with Gasteiger partial charge in [0.25, 0.3) is 0 Å². The number of phenols is 1. The molecule has 0 aliphatic heterocycles. The summed E-state index contributed by atoms with van der Waals surface area (Å²) in [7, 11) is 0. The SMILES string of the molecule is CC(C)(C)OC(=O)NCC1CC1c1cc(F)c(F)cc1O. The molecule has 0 aromatic heterocycles. The first kappa shape index (κ1) is 15.5. The number of carbonyl (C=O) groups excluding carboxylic acids is 1. The molecule has 2 rings (SSSR count). The smallest absolute Gasteiger partial charge is 0.407 e. The van der Waals surface area contributed by atoms with Gasteiger partial charge in [0.1, 0.15) is 11.4 Å². The zero-order chi connectivity index (χ0) is 15.8. The predicted molar refractivity (Wildman–Crippen MR) is 73.1 cm³/mol. The summed E-state index contributed by atoms with van der Waals surface area (Å²) in [5.74, 6) is -2.28. The van der Waals surface area contributed by atoms with Crippen molar-refractivity contribution in [1.82, 2.24) is 5.32 Å².